The molecule has 0 amide bonds. The molecule has 0 bridgehead atoms. The molecule has 0 atom stereocenters. The van der Waals surface area contributed by atoms with Crippen LogP contribution < -0.4 is 16.2 Å². The van der Waals surface area contributed by atoms with Gasteiger partial charge in [0.05, 0.1) is 18.5 Å². The van der Waals surface area contributed by atoms with E-state index in [-0.39, 0.29) is 28.9 Å². The lowest BCUT2D eigenvalue weighted by Gasteiger charge is -2.31. The number of hydrogen-bond donors (Lipinski definition) is 1. The number of nitrogens with two attached hydrogens (primary N) is 1. The van der Waals surface area contributed by atoms with E-state index >= 15 is 4.39 Å². The minimum Gasteiger partial charge on any atom is -0.354 e. The van der Waals surface area contributed by atoms with Crippen molar-refractivity contribution in [3.05, 3.63) is 75.6 Å². The highest BCUT2D eigenvalue weighted by Crippen LogP contribution is 2.39. The maximum absolute atomic E-state index is 15.3. The van der Waals surface area contributed by atoms with Crippen LogP contribution in [-0.2, 0) is 0 Å². The average Bonchev–Trinajstić information content (AvgIpc) is 3.67. The van der Waals surface area contributed by atoms with Crippen molar-refractivity contribution in [3.8, 4) is 17.1 Å². The summed E-state index contributed by atoms with van der Waals surface area (Å²) in [6.45, 7) is 8.02. The monoisotopic (exact) mass is 448 g/mol. The molecule has 0 spiro atoms. The van der Waals surface area contributed by atoms with E-state index in [1.807, 2.05) is 6.07 Å². The summed E-state index contributed by atoms with van der Waals surface area (Å²) in [4.78, 5) is 27.0. The van der Waals surface area contributed by atoms with Gasteiger partial charge in [-0.15, -0.1) is 0 Å². The number of benzene rings is 1. The maximum Gasteiger partial charge on any atom is 0.296 e. The number of aromatic nitrogens is 3. The predicted molar refractivity (Wildman–Crippen MR) is 121 cm³/mol. The fraction of sp³-hybridized carbons (Fsp3) is 0.333. The highest BCUT2D eigenvalue weighted by molar-refractivity contribution is 5.65. The Morgan fingerprint density at radius 2 is 1.85 bits per heavy atom. The second kappa shape index (κ2) is 8.37. The summed E-state index contributed by atoms with van der Waals surface area (Å²) in [5.74, 6) is -1.27. The summed E-state index contributed by atoms with van der Waals surface area (Å²) < 4.78 is 30.9. The van der Waals surface area contributed by atoms with Gasteiger partial charge < -0.3 is 10.6 Å². The van der Waals surface area contributed by atoms with Crippen molar-refractivity contribution in [3.63, 3.8) is 0 Å². The Hall–Kier alpha value is -3.64. The molecule has 33 heavy (non-hydrogen) atoms. The number of anilines is 1. The van der Waals surface area contributed by atoms with Crippen molar-refractivity contribution >= 4 is 11.5 Å². The van der Waals surface area contributed by atoms with Gasteiger partial charge >= 0.3 is 0 Å². The lowest BCUT2D eigenvalue weighted by atomic mass is 10.1. The summed E-state index contributed by atoms with van der Waals surface area (Å²) in [5, 5.41) is 0. The van der Waals surface area contributed by atoms with Crippen LogP contribution in [0.3, 0.4) is 0 Å². The van der Waals surface area contributed by atoms with Crippen LogP contribution in [0.5, 0.6) is 0 Å². The molecule has 0 unspecified atom stereocenters. The van der Waals surface area contributed by atoms with Crippen molar-refractivity contribution in [1.29, 1.82) is 0 Å². The van der Waals surface area contributed by atoms with Crippen molar-refractivity contribution < 1.29 is 8.78 Å². The molecule has 0 radical (unpaired) electrons. The van der Waals surface area contributed by atoms with Gasteiger partial charge in [0.25, 0.3) is 5.56 Å². The zero-order valence-corrected chi connectivity index (χ0v) is 17.8. The molecular weight excluding hydrogens is 426 g/mol. The molecule has 3 aromatic rings. The van der Waals surface area contributed by atoms with E-state index in [1.54, 1.807) is 11.0 Å². The van der Waals surface area contributed by atoms with E-state index in [4.69, 9.17) is 12.3 Å². The minimum absolute atomic E-state index is 0.0236. The molecule has 7 nitrogen and oxygen atoms in total. The van der Waals surface area contributed by atoms with Gasteiger partial charge in [-0.05, 0) is 43.9 Å². The molecule has 2 aliphatic rings. The van der Waals surface area contributed by atoms with Crippen molar-refractivity contribution in [2.24, 2.45) is 5.73 Å². The second-order valence-corrected chi connectivity index (χ2v) is 8.53. The number of hydrogen-bond acceptors (Lipinski definition) is 5. The minimum atomic E-state index is -0.973. The molecule has 5 rings (SSSR count). The van der Waals surface area contributed by atoms with Gasteiger partial charge in [0.1, 0.15) is 11.6 Å². The number of rotatable bonds is 4. The third-order valence-corrected chi connectivity index (χ3v) is 6.20. The molecule has 1 saturated heterocycles. The van der Waals surface area contributed by atoms with Crippen LogP contribution in [0.4, 0.5) is 20.3 Å². The first-order chi connectivity index (χ1) is 16.0. The first-order valence-electron chi connectivity index (χ1n) is 10.9. The van der Waals surface area contributed by atoms with Crippen LogP contribution in [-0.4, -0.2) is 33.7 Å². The van der Waals surface area contributed by atoms with Crippen LogP contribution in [0.15, 0.2) is 41.3 Å². The number of halogens is 2. The normalized spacial score (nSPS) is 16.6. The SMILES string of the molecule is [C-]#[N+]c1ccc(-c2nc(N3CCC(N)CC3)c(F)c(=O)n2-c2ccc(C3CC3)nc2)cc1F. The van der Waals surface area contributed by atoms with Crippen molar-refractivity contribution in [2.45, 2.75) is 37.6 Å². The van der Waals surface area contributed by atoms with Gasteiger partial charge in [-0.1, -0.05) is 12.1 Å². The molecule has 1 aromatic carbocycles. The van der Waals surface area contributed by atoms with E-state index < -0.39 is 17.2 Å². The second-order valence-electron chi connectivity index (χ2n) is 8.53. The highest BCUT2D eigenvalue weighted by atomic mass is 19.1. The summed E-state index contributed by atoms with van der Waals surface area (Å²) in [6, 6.07) is 7.53. The molecule has 1 aliphatic carbocycles. The van der Waals surface area contributed by atoms with E-state index in [9.17, 15) is 9.18 Å². The Balaban J connectivity index is 1.68. The highest BCUT2D eigenvalue weighted by Gasteiger charge is 2.27. The first kappa shape index (κ1) is 21.2. The molecule has 3 heterocycles. The Kier molecular flexibility index (Phi) is 5.38. The summed E-state index contributed by atoms with van der Waals surface area (Å²) >= 11 is 0. The molecule has 2 aromatic heterocycles. The maximum atomic E-state index is 15.3. The lowest BCUT2D eigenvalue weighted by molar-refractivity contribution is 0.486. The summed E-state index contributed by atoms with van der Waals surface area (Å²) in [5.41, 5.74) is 6.46. The van der Waals surface area contributed by atoms with E-state index in [2.05, 4.69) is 14.8 Å². The van der Waals surface area contributed by atoms with Crippen LogP contribution in [0, 0.1) is 18.2 Å². The molecule has 2 N–H and O–H groups in total. The molecular formula is C24H22F2N6O. The van der Waals surface area contributed by atoms with Crippen LogP contribution >= 0.6 is 0 Å². The van der Waals surface area contributed by atoms with E-state index in [1.165, 1.54) is 18.3 Å². The van der Waals surface area contributed by atoms with Gasteiger partial charge in [0.15, 0.2) is 5.82 Å². The Morgan fingerprint density at radius 1 is 1.09 bits per heavy atom. The predicted octanol–water partition coefficient (Wildman–Crippen LogP) is 3.93. The first-order valence-corrected chi connectivity index (χ1v) is 10.9. The van der Waals surface area contributed by atoms with Crippen molar-refractivity contribution in [2.75, 3.05) is 18.0 Å². The van der Waals surface area contributed by atoms with Gasteiger partial charge in [0.2, 0.25) is 11.5 Å². The third-order valence-electron chi connectivity index (χ3n) is 6.20. The van der Waals surface area contributed by atoms with Gasteiger partial charge in [0, 0.05) is 36.3 Å². The lowest BCUT2D eigenvalue weighted by Crippen LogP contribution is -2.42. The molecule has 1 saturated carbocycles. The van der Waals surface area contributed by atoms with Crippen LogP contribution in [0.2, 0.25) is 0 Å². The fourth-order valence-electron chi connectivity index (χ4n) is 4.13. The van der Waals surface area contributed by atoms with E-state index in [0.29, 0.717) is 37.5 Å². The molecule has 2 fully saturated rings. The zero-order valence-electron chi connectivity index (χ0n) is 17.8. The zero-order chi connectivity index (χ0) is 23.1. The standard InChI is InChI=1S/C24H22F2N6O/c1-28-20-6-4-15(12-18(20)25)22-30-23(31-10-8-16(27)9-11-31)21(26)24(33)32(22)17-5-7-19(29-13-17)14-2-3-14/h4-7,12-14,16H,2-3,8-11,27H2. The van der Waals surface area contributed by atoms with Gasteiger partial charge in [-0.2, -0.15) is 4.39 Å². The van der Waals surface area contributed by atoms with E-state index in [0.717, 1.165) is 29.2 Å². The number of nitrogens with zero attached hydrogens (tertiary/aromatic N) is 5. The largest absolute Gasteiger partial charge is 0.354 e. The quantitative estimate of drug-likeness (QED) is 0.612. The molecule has 9 heteroatoms. The molecule has 168 valence electrons. The fourth-order valence-corrected chi connectivity index (χ4v) is 4.13. The van der Waals surface area contributed by atoms with Gasteiger partial charge in [-0.3, -0.25) is 14.3 Å². The summed E-state index contributed by atoms with van der Waals surface area (Å²) in [7, 11) is 0. The Morgan fingerprint density at radius 3 is 2.45 bits per heavy atom. The topological polar surface area (TPSA) is 81.4 Å². The molecule has 1 aliphatic heterocycles. The van der Waals surface area contributed by atoms with Crippen molar-refractivity contribution in [1.82, 2.24) is 14.5 Å². The average molecular weight is 448 g/mol. The Labute approximate surface area is 189 Å². The van der Waals surface area contributed by atoms with Gasteiger partial charge in [-0.25, -0.2) is 14.2 Å². The smallest absolute Gasteiger partial charge is 0.296 e. The Bertz CT molecular complexity index is 1300. The van der Waals surface area contributed by atoms with Crippen LogP contribution in [0.1, 0.15) is 37.3 Å². The number of piperidine rings is 1. The van der Waals surface area contributed by atoms with Crippen LogP contribution in [0.25, 0.3) is 21.9 Å². The third kappa shape index (κ3) is 3.98. The number of pyridine rings is 1. The summed E-state index contributed by atoms with van der Waals surface area (Å²) in [6.07, 6.45) is 4.98.